The average molecular weight is 481 g/mol. The Labute approximate surface area is 202 Å². The van der Waals surface area contributed by atoms with Gasteiger partial charge in [0.15, 0.2) is 0 Å². The van der Waals surface area contributed by atoms with Crippen LogP contribution in [-0.4, -0.2) is 33.1 Å². The van der Waals surface area contributed by atoms with Gasteiger partial charge in [-0.2, -0.15) is 0 Å². The van der Waals surface area contributed by atoms with Crippen molar-refractivity contribution in [2.45, 2.75) is 38.9 Å². The van der Waals surface area contributed by atoms with Crippen LogP contribution < -0.4 is 10.6 Å². The highest BCUT2D eigenvalue weighted by Gasteiger charge is 2.37. The first-order valence-corrected chi connectivity index (χ1v) is 10.9. The molecule has 0 bridgehead atoms. The maximum Gasteiger partial charge on any atom is 0.313 e. The van der Waals surface area contributed by atoms with Crippen molar-refractivity contribution >= 4 is 23.4 Å². The number of rotatable bonds is 6. The van der Waals surface area contributed by atoms with Crippen LogP contribution in [0.25, 0.3) is 0 Å². The van der Waals surface area contributed by atoms with Gasteiger partial charge in [-0.3, -0.25) is 19.4 Å². The van der Waals surface area contributed by atoms with E-state index in [1.807, 2.05) is 0 Å². The Hall–Kier alpha value is -4.14. The van der Waals surface area contributed by atoms with Gasteiger partial charge in [0, 0.05) is 35.7 Å². The largest absolute Gasteiger partial charge is 0.349 e. The van der Waals surface area contributed by atoms with E-state index in [0.717, 1.165) is 17.0 Å². The fourth-order valence-electron chi connectivity index (χ4n) is 3.40. The fourth-order valence-corrected chi connectivity index (χ4v) is 3.40. The van der Waals surface area contributed by atoms with Crippen molar-refractivity contribution in [3.05, 3.63) is 95.8 Å². The number of nitrogens with zero attached hydrogens (tertiary/aromatic N) is 2. The maximum absolute atomic E-state index is 14.9. The highest BCUT2D eigenvalue weighted by atomic mass is 19.1. The number of aromatic nitrogens is 1. The predicted octanol–water partition coefficient (Wildman–Crippen LogP) is 3.98. The van der Waals surface area contributed by atoms with Gasteiger partial charge < -0.3 is 15.5 Å². The molecule has 0 radical (unpaired) electrons. The molecule has 0 aliphatic heterocycles. The second-order valence-corrected chi connectivity index (χ2v) is 8.92. The Kier molecular flexibility index (Phi) is 7.91. The van der Waals surface area contributed by atoms with Crippen molar-refractivity contribution in [1.29, 1.82) is 0 Å². The molecule has 0 fully saturated rings. The number of benzene rings is 2. The van der Waals surface area contributed by atoms with Crippen LogP contribution >= 0.6 is 0 Å². The van der Waals surface area contributed by atoms with Gasteiger partial charge in [0.05, 0.1) is 0 Å². The van der Waals surface area contributed by atoms with Crippen LogP contribution in [0.3, 0.4) is 0 Å². The Morgan fingerprint density at radius 2 is 1.66 bits per heavy atom. The molecule has 3 amide bonds. The van der Waals surface area contributed by atoms with Gasteiger partial charge in [-0.25, -0.2) is 8.78 Å². The van der Waals surface area contributed by atoms with Gasteiger partial charge in [0.25, 0.3) is 0 Å². The molecule has 3 rings (SSSR count). The quantitative estimate of drug-likeness (QED) is 0.522. The molecule has 0 aliphatic rings. The molecule has 7 nitrogen and oxygen atoms in total. The van der Waals surface area contributed by atoms with Crippen molar-refractivity contribution in [2.75, 3.05) is 5.32 Å². The SMILES string of the molecule is CC(C)(C)NC(=O)C(c1ccccc1F)N(Cc1cccnc1)C(=O)C(=O)Nc1ccc(F)cc1. The number of carbonyl (C=O) groups is 3. The molecule has 0 saturated carbocycles. The molecule has 0 saturated heterocycles. The molecule has 9 heteroatoms. The summed E-state index contributed by atoms with van der Waals surface area (Å²) in [5.41, 5.74) is -0.0472. The molecule has 1 atom stereocenters. The summed E-state index contributed by atoms with van der Waals surface area (Å²) in [6, 6.07) is 12.3. The third kappa shape index (κ3) is 6.92. The van der Waals surface area contributed by atoms with Crippen molar-refractivity contribution in [3.63, 3.8) is 0 Å². The molecule has 1 heterocycles. The summed E-state index contributed by atoms with van der Waals surface area (Å²) in [5.74, 6) is -4.01. The Morgan fingerprint density at radius 1 is 0.971 bits per heavy atom. The van der Waals surface area contributed by atoms with Crippen LogP contribution in [0.1, 0.15) is 37.9 Å². The van der Waals surface area contributed by atoms with Gasteiger partial charge in [-0.15, -0.1) is 0 Å². The fraction of sp³-hybridized carbons (Fsp3) is 0.231. The zero-order chi connectivity index (χ0) is 25.6. The lowest BCUT2D eigenvalue weighted by molar-refractivity contribution is -0.148. The number of pyridine rings is 1. The number of hydrogen-bond donors (Lipinski definition) is 2. The first-order valence-electron chi connectivity index (χ1n) is 10.9. The van der Waals surface area contributed by atoms with E-state index < -0.39 is 40.9 Å². The average Bonchev–Trinajstić information content (AvgIpc) is 2.80. The van der Waals surface area contributed by atoms with E-state index in [1.54, 1.807) is 39.0 Å². The standard InChI is InChI=1S/C26H26F2N4O3/c1-26(2,3)31-23(33)22(20-8-4-5-9-21(20)28)32(16-17-7-6-14-29-15-17)25(35)24(34)30-19-12-10-18(27)11-13-19/h4-15,22H,16H2,1-3H3,(H,30,34)(H,31,33). The van der Waals surface area contributed by atoms with Gasteiger partial charge >= 0.3 is 11.8 Å². The molecule has 2 aromatic carbocycles. The van der Waals surface area contributed by atoms with E-state index in [2.05, 4.69) is 15.6 Å². The molecule has 2 N–H and O–H groups in total. The Morgan fingerprint density at radius 3 is 2.26 bits per heavy atom. The minimum absolute atomic E-state index is 0.0685. The molecule has 1 aromatic heterocycles. The van der Waals surface area contributed by atoms with E-state index in [0.29, 0.717) is 5.56 Å². The van der Waals surface area contributed by atoms with Crippen molar-refractivity contribution in [2.24, 2.45) is 0 Å². The monoisotopic (exact) mass is 480 g/mol. The van der Waals surface area contributed by atoms with E-state index in [9.17, 15) is 23.2 Å². The Balaban J connectivity index is 2.04. The summed E-state index contributed by atoms with van der Waals surface area (Å²) in [6.07, 6.45) is 3.02. The lowest BCUT2D eigenvalue weighted by Crippen LogP contribution is -2.51. The highest BCUT2D eigenvalue weighted by Crippen LogP contribution is 2.27. The maximum atomic E-state index is 14.9. The lowest BCUT2D eigenvalue weighted by Gasteiger charge is -2.33. The van der Waals surface area contributed by atoms with Crippen LogP contribution in [-0.2, 0) is 20.9 Å². The normalized spacial score (nSPS) is 11.9. The summed E-state index contributed by atoms with van der Waals surface area (Å²) in [4.78, 5) is 44.8. The summed E-state index contributed by atoms with van der Waals surface area (Å²) < 4.78 is 28.1. The van der Waals surface area contributed by atoms with Crippen molar-refractivity contribution in [3.8, 4) is 0 Å². The van der Waals surface area contributed by atoms with Crippen molar-refractivity contribution < 1.29 is 23.2 Å². The van der Waals surface area contributed by atoms with Crippen LogP contribution in [0.2, 0.25) is 0 Å². The van der Waals surface area contributed by atoms with E-state index in [-0.39, 0.29) is 17.8 Å². The molecule has 3 aromatic rings. The Bertz CT molecular complexity index is 1200. The van der Waals surface area contributed by atoms with Gasteiger partial charge in [0.1, 0.15) is 17.7 Å². The minimum Gasteiger partial charge on any atom is -0.349 e. The smallest absolute Gasteiger partial charge is 0.313 e. The first-order chi connectivity index (χ1) is 16.5. The number of anilines is 1. The molecule has 35 heavy (non-hydrogen) atoms. The predicted molar refractivity (Wildman–Crippen MR) is 127 cm³/mol. The highest BCUT2D eigenvalue weighted by molar-refractivity contribution is 6.39. The number of nitrogens with one attached hydrogen (secondary N) is 2. The zero-order valence-corrected chi connectivity index (χ0v) is 19.6. The minimum atomic E-state index is -1.46. The van der Waals surface area contributed by atoms with E-state index in [4.69, 9.17) is 0 Å². The summed E-state index contributed by atoms with van der Waals surface area (Å²) in [6.45, 7) is 5.05. The topological polar surface area (TPSA) is 91.4 Å². The summed E-state index contributed by atoms with van der Waals surface area (Å²) in [5, 5.41) is 5.18. The second-order valence-electron chi connectivity index (χ2n) is 8.92. The summed E-state index contributed by atoms with van der Waals surface area (Å²) in [7, 11) is 0. The summed E-state index contributed by atoms with van der Waals surface area (Å²) >= 11 is 0. The van der Waals surface area contributed by atoms with Crippen LogP contribution in [0, 0.1) is 11.6 Å². The molecule has 182 valence electrons. The van der Waals surface area contributed by atoms with Crippen LogP contribution in [0.5, 0.6) is 0 Å². The second kappa shape index (κ2) is 10.9. The lowest BCUT2D eigenvalue weighted by atomic mass is 10.00. The third-order valence-electron chi connectivity index (χ3n) is 4.89. The molecule has 0 aliphatic carbocycles. The van der Waals surface area contributed by atoms with Crippen LogP contribution in [0.15, 0.2) is 73.1 Å². The number of carbonyl (C=O) groups excluding carboxylic acids is 3. The van der Waals surface area contributed by atoms with Crippen molar-refractivity contribution in [1.82, 2.24) is 15.2 Å². The number of halogens is 2. The molecular formula is C26H26F2N4O3. The zero-order valence-electron chi connectivity index (χ0n) is 19.6. The van der Waals surface area contributed by atoms with E-state index >= 15 is 0 Å². The van der Waals surface area contributed by atoms with Gasteiger partial charge in [-0.1, -0.05) is 24.3 Å². The molecular weight excluding hydrogens is 454 g/mol. The first kappa shape index (κ1) is 25.5. The number of amides is 3. The van der Waals surface area contributed by atoms with E-state index in [1.165, 1.54) is 42.7 Å². The van der Waals surface area contributed by atoms with Gasteiger partial charge in [0.2, 0.25) is 5.91 Å². The number of hydrogen-bond acceptors (Lipinski definition) is 4. The molecule has 1 unspecified atom stereocenters. The molecule has 0 spiro atoms. The van der Waals surface area contributed by atoms with Crippen LogP contribution in [0.4, 0.5) is 14.5 Å². The third-order valence-corrected chi connectivity index (χ3v) is 4.89. The van der Waals surface area contributed by atoms with Gasteiger partial charge in [-0.05, 0) is 62.7 Å².